The molecule has 26 heavy (non-hydrogen) atoms. The molecule has 138 valence electrons. The Balaban J connectivity index is 1.69. The summed E-state index contributed by atoms with van der Waals surface area (Å²) < 4.78 is 5.35. The highest BCUT2D eigenvalue weighted by molar-refractivity contribution is 6.34. The number of hydrogen-bond donors (Lipinski definition) is 1. The summed E-state index contributed by atoms with van der Waals surface area (Å²) in [6.45, 7) is 5.53. The van der Waals surface area contributed by atoms with E-state index in [1.807, 2.05) is 25.1 Å². The zero-order chi connectivity index (χ0) is 18.4. The average Bonchev–Trinajstić information content (AvgIpc) is 2.64. The minimum Gasteiger partial charge on any atom is -0.478 e. The highest BCUT2D eigenvalue weighted by Gasteiger charge is 2.15. The summed E-state index contributed by atoms with van der Waals surface area (Å²) in [6, 6.07) is 11.2. The van der Waals surface area contributed by atoms with E-state index in [4.69, 9.17) is 16.3 Å². The molecule has 0 spiro atoms. The van der Waals surface area contributed by atoms with Gasteiger partial charge in [-0.2, -0.15) is 0 Å². The van der Waals surface area contributed by atoms with Crippen molar-refractivity contribution in [1.29, 1.82) is 0 Å². The molecule has 0 aliphatic carbocycles. The van der Waals surface area contributed by atoms with Crippen LogP contribution >= 0.6 is 11.6 Å². The third-order valence-electron chi connectivity index (χ3n) is 4.37. The third kappa shape index (κ3) is 4.96. The first-order valence-electron chi connectivity index (χ1n) is 9.07. The van der Waals surface area contributed by atoms with Crippen LogP contribution in [0.3, 0.4) is 0 Å². The molecule has 0 unspecified atom stereocenters. The van der Waals surface area contributed by atoms with Gasteiger partial charge in [-0.05, 0) is 56.6 Å². The number of anilines is 1. The minimum absolute atomic E-state index is 0.166. The van der Waals surface area contributed by atoms with Gasteiger partial charge in [0, 0.05) is 18.3 Å². The van der Waals surface area contributed by atoms with Gasteiger partial charge in [0.25, 0.3) is 5.91 Å². The number of amides is 1. The van der Waals surface area contributed by atoms with Crippen molar-refractivity contribution in [2.24, 2.45) is 0 Å². The predicted molar refractivity (Wildman–Crippen MR) is 104 cm³/mol. The smallest absolute Gasteiger partial charge is 0.275 e. The first-order valence-corrected chi connectivity index (χ1v) is 9.45. The monoisotopic (exact) mass is 373 g/mol. The Labute approximate surface area is 159 Å². The van der Waals surface area contributed by atoms with Crippen molar-refractivity contribution in [1.82, 2.24) is 9.88 Å². The lowest BCUT2D eigenvalue weighted by atomic mass is 10.1. The Morgan fingerprint density at radius 2 is 2.04 bits per heavy atom. The standard InChI is InChI=1S/C20H24ClN3O2/c1-2-26-18-10-9-17(21)19(23-18)20(25)22-16-8-6-7-15(13-16)14-24-11-4-3-5-12-24/h6-10,13H,2-5,11-12,14H2,1H3,(H,22,25). The number of carbonyl (C=O) groups excluding carboxylic acids is 1. The largest absolute Gasteiger partial charge is 0.478 e. The molecule has 6 heteroatoms. The first kappa shape index (κ1) is 18.7. The number of benzene rings is 1. The molecular formula is C20H24ClN3O2. The highest BCUT2D eigenvalue weighted by Crippen LogP contribution is 2.21. The molecular weight excluding hydrogens is 350 g/mol. The molecule has 1 aromatic heterocycles. The second kappa shape index (κ2) is 9.01. The Kier molecular flexibility index (Phi) is 6.47. The maximum absolute atomic E-state index is 12.6. The number of aromatic nitrogens is 1. The molecule has 0 bridgehead atoms. The van der Waals surface area contributed by atoms with Crippen LogP contribution in [0, 0.1) is 0 Å². The molecule has 5 nitrogen and oxygen atoms in total. The van der Waals surface area contributed by atoms with E-state index in [0.717, 1.165) is 25.3 Å². The van der Waals surface area contributed by atoms with Gasteiger partial charge in [-0.3, -0.25) is 9.69 Å². The van der Waals surface area contributed by atoms with Crippen molar-refractivity contribution in [3.05, 3.63) is 52.7 Å². The molecule has 1 fully saturated rings. The molecule has 3 rings (SSSR count). The molecule has 1 aliphatic rings. The fraction of sp³-hybridized carbons (Fsp3) is 0.400. The number of carbonyl (C=O) groups is 1. The van der Waals surface area contributed by atoms with E-state index < -0.39 is 0 Å². The third-order valence-corrected chi connectivity index (χ3v) is 4.67. The van der Waals surface area contributed by atoms with E-state index in [-0.39, 0.29) is 11.6 Å². The normalized spacial score (nSPS) is 14.8. The molecule has 2 aromatic rings. The van der Waals surface area contributed by atoms with E-state index in [1.165, 1.54) is 24.8 Å². The molecule has 1 saturated heterocycles. The van der Waals surface area contributed by atoms with Gasteiger partial charge >= 0.3 is 0 Å². The summed E-state index contributed by atoms with van der Waals surface area (Å²) in [7, 11) is 0. The molecule has 0 radical (unpaired) electrons. The van der Waals surface area contributed by atoms with Gasteiger partial charge in [-0.1, -0.05) is 30.2 Å². The molecule has 0 saturated carbocycles. The zero-order valence-electron chi connectivity index (χ0n) is 15.0. The molecule has 2 heterocycles. The number of pyridine rings is 1. The summed E-state index contributed by atoms with van der Waals surface area (Å²) >= 11 is 6.13. The second-order valence-corrected chi connectivity index (χ2v) is 6.81. The first-order chi connectivity index (χ1) is 12.7. The van der Waals surface area contributed by atoms with Gasteiger partial charge in [0.1, 0.15) is 0 Å². The predicted octanol–water partition coefficient (Wildman–Crippen LogP) is 4.37. The summed E-state index contributed by atoms with van der Waals surface area (Å²) in [6.07, 6.45) is 3.84. The van der Waals surface area contributed by atoms with Crippen LogP contribution in [0.25, 0.3) is 0 Å². The number of likely N-dealkylation sites (tertiary alicyclic amines) is 1. The average molecular weight is 374 g/mol. The molecule has 0 atom stereocenters. The summed E-state index contributed by atoms with van der Waals surface area (Å²) in [5.74, 6) is 0.0487. The van der Waals surface area contributed by atoms with Gasteiger partial charge in [-0.25, -0.2) is 4.98 Å². The van der Waals surface area contributed by atoms with Crippen molar-refractivity contribution >= 4 is 23.2 Å². The Morgan fingerprint density at radius 3 is 2.81 bits per heavy atom. The van der Waals surface area contributed by atoms with Crippen molar-refractivity contribution in [2.75, 3.05) is 25.0 Å². The lowest BCUT2D eigenvalue weighted by Gasteiger charge is -2.26. The number of piperidine rings is 1. The maximum atomic E-state index is 12.6. The van der Waals surface area contributed by atoms with Gasteiger partial charge < -0.3 is 10.1 Å². The van der Waals surface area contributed by atoms with Crippen LogP contribution < -0.4 is 10.1 Å². The topological polar surface area (TPSA) is 54.5 Å². The van der Waals surface area contributed by atoms with Crippen molar-refractivity contribution in [3.63, 3.8) is 0 Å². The lowest BCUT2D eigenvalue weighted by Crippen LogP contribution is -2.29. The Hall–Kier alpha value is -2.11. The van der Waals surface area contributed by atoms with E-state index in [1.54, 1.807) is 12.1 Å². The summed E-state index contributed by atoms with van der Waals surface area (Å²) in [5, 5.41) is 3.19. The fourth-order valence-electron chi connectivity index (χ4n) is 3.13. The molecule has 1 aromatic carbocycles. The quantitative estimate of drug-likeness (QED) is 0.816. The summed E-state index contributed by atoms with van der Waals surface area (Å²) in [5.41, 5.74) is 2.09. The van der Waals surface area contributed by atoms with Gasteiger partial charge in [0.05, 0.1) is 11.6 Å². The minimum atomic E-state index is -0.341. The number of nitrogens with zero attached hydrogens (tertiary/aromatic N) is 2. The van der Waals surface area contributed by atoms with Crippen molar-refractivity contribution in [2.45, 2.75) is 32.7 Å². The summed E-state index contributed by atoms with van der Waals surface area (Å²) in [4.78, 5) is 19.2. The second-order valence-electron chi connectivity index (χ2n) is 6.40. The van der Waals surface area contributed by atoms with Crippen LogP contribution in [0.2, 0.25) is 5.02 Å². The fourth-order valence-corrected chi connectivity index (χ4v) is 3.32. The van der Waals surface area contributed by atoms with Crippen LogP contribution in [0.15, 0.2) is 36.4 Å². The van der Waals surface area contributed by atoms with Gasteiger partial charge in [0.2, 0.25) is 5.88 Å². The van der Waals surface area contributed by atoms with Crippen LogP contribution in [0.1, 0.15) is 42.2 Å². The van der Waals surface area contributed by atoms with Crippen LogP contribution in [0.4, 0.5) is 5.69 Å². The number of ether oxygens (including phenoxy) is 1. The number of halogens is 1. The van der Waals surface area contributed by atoms with E-state index >= 15 is 0 Å². The molecule has 1 N–H and O–H groups in total. The Bertz CT molecular complexity index is 760. The van der Waals surface area contributed by atoms with Crippen molar-refractivity contribution < 1.29 is 9.53 Å². The van der Waals surface area contributed by atoms with Crippen LogP contribution in [-0.4, -0.2) is 35.5 Å². The van der Waals surface area contributed by atoms with Crippen molar-refractivity contribution in [3.8, 4) is 5.88 Å². The van der Waals surface area contributed by atoms with E-state index in [9.17, 15) is 4.79 Å². The highest BCUT2D eigenvalue weighted by atomic mass is 35.5. The lowest BCUT2D eigenvalue weighted by molar-refractivity contribution is 0.102. The van der Waals surface area contributed by atoms with E-state index in [2.05, 4.69) is 21.3 Å². The number of rotatable bonds is 6. The molecule has 1 aliphatic heterocycles. The maximum Gasteiger partial charge on any atom is 0.275 e. The van der Waals surface area contributed by atoms with Crippen LogP contribution in [-0.2, 0) is 6.54 Å². The SMILES string of the molecule is CCOc1ccc(Cl)c(C(=O)Nc2cccc(CN3CCCCC3)c2)n1. The molecule has 1 amide bonds. The van der Waals surface area contributed by atoms with Gasteiger partial charge in [0.15, 0.2) is 5.69 Å². The van der Waals surface area contributed by atoms with Crippen LogP contribution in [0.5, 0.6) is 5.88 Å². The van der Waals surface area contributed by atoms with Gasteiger partial charge in [-0.15, -0.1) is 0 Å². The number of nitrogens with one attached hydrogen (secondary N) is 1. The zero-order valence-corrected chi connectivity index (χ0v) is 15.8. The Morgan fingerprint density at radius 1 is 1.23 bits per heavy atom. The van der Waals surface area contributed by atoms with E-state index in [0.29, 0.717) is 17.5 Å². The number of hydrogen-bond acceptors (Lipinski definition) is 4.